The molecule has 0 bridgehead atoms. The van der Waals surface area contributed by atoms with E-state index in [9.17, 15) is 4.39 Å². The lowest BCUT2D eigenvalue weighted by molar-refractivity contribution is 0.237. The molecule has 0 heterocycles. The van der Waals surface area contributed by atoms with E-state index in [1.165, 1.54) is 12.1 Å². The largest absolute Gasteiger partial charge is 0.320 e. The summed E-state index contributed by atoms with van der Waals surface area (Å²) in [7, 11) is 4.07. The maximum Gasteiger partial charge on any atom is 0.123 e. The summed E-state index contributed by atoms with van der Waals surface area (Å²) in [5.74, 6) is -0.172. The average molecular weight is 224 g/mol. The number of nitrogens with zero attached hydrogens (tertiary/aromatic N) is 1. The Morgan fingerprint density at radius 3 is 2.50 bits per heavy atom. The van der Waals surface area contributed by atoms with Crippen LogP contribution in [0.25, 0.3) is 0 Å². The van der Waals surface area contributed by atoms with Gasteiger partial charge in [0.05, 0.1) is 0 Å². The van der Waals surface area contributed by atoms with Crippen LogP contribution in [-0.2, 0) is 6.54 Å². The summed E-state index contributed by atoms with van der Waals surface area (Å²) in [6, 6.07) is 7.24. The van der Waals surface area contributed by atoms with Gasteiger partial charge in [-0.1, -0.05) is 12.1 Å². The smallest absolute Gasteiger partial charge is 0.123 e. The van der Waals surface area contributed by atoms with Crippen LogP contribution in [0.4, 0.5) is 4.39 Å². The Morgan fingerprint density at radius 2 is 1.94 bits per heavy atom. The molecular weight excluding hydrogens is 203 g/mol. The van der Waals surface area contributed by atoms with Gasteiger partial charge < -0.3 is 5.32 Å². The highest BCUT2D eigenvalue weighted by molar-refractivity contribution is 5.15. The topological polar surface area (TPSA) is 15.3 Å². The number of nitrogens with one attached hydrogen (secondary N) is 1. The van der Waals surface area contributed by atoms with Crippen LogP contribution in [-0.4, -0.2) is 31.6 Å². The molecule has 1 N–H and O–H groups in total. The molecule has 3 heteroatoms. The molecule has 0 saturated carbocycles. The van der Waals surface area contributed by atoms with Crippen molar-refractivity contribution < 1.29 is 4.39 Å². The Bertz CT molecular complexity index is 297. The van der Waals surface area contributed by atoms with Gasteiger partial charge in [-0.05, 0) is 51.7 Å². The third-order valence-corrected chi connectivity index (χ3v) is 2.91. The van der Waals surface area contributed by atoms with E-state index in [-0.39, 0.29) is 5.82 Å². The predicted octanol–water partition coefficient (Wildman–Crippen LogP) is 2.26. The van der Waals surface area contributed by atoms with Crippen LogP contribution in [0.5, 0.6) is 0 Å². The number of halogens is 1. The molecule has 1 aromatic rings. The Hall–Kier alpha value is -0.930. The van der Waals surface area contributed by atoms with Gasteiger partial charge in [-0.15, -0.1) is 0 Å². The molecule has 0 aliphatic heterocycles. The highest BCUT2D eigenvalue weighted by atomic mass is 19.1. The van der Waals surface area contributed by atoms with Crippen molar-refractivity contribution in [2.24, 2.45) is 0 Å². The van der Waals surface area contributed by atoms with Crippen molar-refractivity contribution in [1.29, 1.82) is 0 Å². The maximum absolute atomic E-state index is 12.7. The molecule has 0 saturated heterocycles. The van der Waals surface area contributed by atoms with Crippen molar-refractivity contribution in [1.82, 2.24) is 10.2 Å². The van der Waals surface area contributed by atoms with E-state index in [0.29, 0.717) is 6.04 Å². The minimum atomic E-state index is -0.172. The van der Waals surface area contributed by atoms with Crippen LogP contribution in [0.1, 0.15) is 18.9 Å². The second-order valence-corrected chi connectivity index (χ2v) is 4.28. The molecule has 0 aromatic heterocycles. The molecule has 0 aliphatic rings. The van der Waals surface area contributed by atoms with Gasteiger partial charge >= 0.3 is 0 Å². The van der Waals surface area contributed by atoms with Crippen molar-refractivity contribution >= 4 is 0 Å². The molecule has 1 atom stereocenters. The van der Waals surface area contributed by atoms with Crippen LogP contribution in [0.15, 0.2) is 24.3 Å². The number of hydrogen-bond donors (Lipinski definition) is 1. The first-order valence-electron chi connectivity index (χ1n) is 5.72. The Morgan fingerprint density at radius 1 is 1.31 bits per heavy atom. The number of hydrogen-bond acceptors (Lipinski definition) is 2. The van der Waals surface area contributed by atoms with Crippen molar-refractivity contribution in [3.05, 3.63) is 35.6 Å². The van der Waals surface area contributed by atoms with Gasteiger partial charge in [0.25, 0.3) is 0 Å². The quantitative estimate of drug-likeness (QED) is 0.797. The SMILES string of the molecule is CNCCC(C)N(C)Cc1ccc(F)cc1. The summed E-state index contributed by atoms with van der Waals surface area (Å²) >= 11 is 0. The molecule has 0 fully saturated rings. The van der Waals surface area contributed by atoms with Crippen LogP contribution in [0, 0.1) is 5.82 Å². The summed E-state index contributed by atoms with van der Waals surface area (Å²) in [6.07, 6.45) is 1.12. The fourth-order valence-corrected chi connectivity index (χ4v) is 1.61. The summed E-state index contributed by atoms with van der Waals surface area (Å²) < 4.78 is 12.7. The molecule has 0 aliphatic carbocycles. The first-order valence-corrected chi connectivity index (χ1v) is 5.72. The van der Waals surface area contributed by atoms with E-state index in [4.69, 9.17) is 0 Å². The van der Waals surface area contributed by atoms with E-state index in [1.807, 2.05) is 19.2 Å². The lowest BCUT2D eigenvalue weighted by Crippen LogP contribution is -2.31. The zero-order valence-electron chi connectivity index (χ0n) is 10.3. The third-order valence-electron chi connectivity index (χ3n) is 2.91. The average Bonchev–Trinajstić information content (AvgIpc) is 2.29. The Labute approximate surface area is 97.5 Å². The maximum atomic E-state index is 12.7. The molecular formula is C13H21FN2. The lowest BCUT2D eigenvalue weighted by Gasteiger charge is -2.24. The van der Waals surface area contributed by atoms with Gasteiger partial charge in [0.1, 0.15) is 5.82 Å². The van der Waals surface area contributed by atoms with Crippen LogP contribution in [0.3, 0.4) is 0 Å². The predicted molar refractivity (Wildman–Crippen MR) is 65.9 cm³/mol. The van der Waals surface area contributed by atoms with Gasteiger partial charge in [0.2, 0.25) is 0 Å². The van der Waals surface area contributed by atoms with Gasteiger partial charge in [0, 0.05) is 12.6 Å². The monoisotopic (exact) mass is 224 g/mol. The standard InChI is InChI=1S/C13H21FN2/c1-11(8-9-15-2)16(3)10-12-4-6-13(14)7-5-12/h4-7,11,15H,8-10H2,1-3H3. The first kappa shape index (κ1) is 13.1. The zero-order chi connectivity index (χ0) is 12.0. The first-order chi connectivity index (χ1) is 7.63. The normalized spacial score (nSPS) is 13.1. The fourth-order valence-electron chi connectivity index (χ4n) is 1.61. The van der Waals surface area contributed by atoms with Gasteiger partial charge in [0.15, 0.2) is 0 Å². The van der Waals surface area contributed by atoms with E-state index in [2.05, 4.69) is 24.2 Å². The molecule has 1 rings (SSSR count). The fraction of sp³-hybridized carbons (Fsp3) is 0.538. The number of rotatable bonds is 6. The summed E-state index contributed by atoms with van der Waals surface area (Å²) in [5.41, 5.74) is 1.15. The Kier molecular flexibility index (Phi) is 5.43. The van der Waals surface area contributed by atoms with Crippen LogP contribution >= 0.6 is 0 Å². The summed E-state index contributed by atoms with van der Waals surface area (Å²) in [4.78, 5) is 2.28. The zero-order valence-corrected chi connectivity index (χ0v) is 10.3. The van der Waals surface area contributed by atoms with E-state index in [0.717, 1.165) is 25.1 Å². The molecule has 16 heavy (non-hydrogen) atoms. The summed E-state index contributed by atoms with van der Waals surface area (Å²) in [5, 5.41) is 3.15. The van der Waals surface area contributed by atoms with Gasteiger partial charge in [-0.2, -0.15) is 0 Å². The number of benzene rings is 1. The lowest BCUT2D eigenvalue weighted by atomic mass is 10.1. The van der Waals surface area contributed by atoms with Crippen LogP contribution < -0.4 is 5.32 Å². The van der Waals surface area contributed by atoms with Gasteiger partial charge in [-0.3, -0.25) is 4.90 Å². The molecule has 90 valence electrons. The molecule has 2 nitrogen and oxygen atoms in total. The third kappa shape index (κ3) is 4.29. The second-order valence-electron chi connectivity index (χ2n) is 4.28. The highest BCUT2D eigenvalue weighted by Gasteiger charge is 2.08. The van der Waals surface area contributed by atoms with Crippen molar-refractivity contribution in [3.63, 3.8) is 0 Å². The minimum Gasteiger partial charge on any atom is -0.320 e. The minimum absolute atomic E-state index is 0.172. The van der Waals surface area contributed by atoms with Crippen molar-refractivity contribution in [3.8, 4) is 0 Å². The molecule has 1 unspecified atom stereocenters. The van der Waals surface area contributed by atoms with E-state index in [1.54, 1.807) is 0 Å². The molecule has 0 radical (unpaired) electrons. The molecule has 1 aromatic carbocycles. The molecule has 0 amide bonds. The highest BCUT2D eigenvalue weighted by Crippen LogP contribution is 2.09. The van der Waals surface area contributed by atoms with Crippen LogP contribution in [0.2, 0.25) is 0 Å². The van der Waals surface area contributed by atoms with Gasteiger partial charge in [-0.25, -0.2) is 4.39 Å². The second kappa shape index (κ2) is 6.61. The van der Waals surface area contributed by atoms with E-state index < -0.39 is 0 Å². The Balaban J connectivity index is 2.43. The summed E-state index contributed by atoms with van der Waals surface area (Å²) in [6.45, 7) is 4.10. The van der Waals surface area contributed by atoms with Crippen molar-refractivity contribution in [2.45, 2.75) is 25.9 Å². The van der Waals surface area contributed by atoms with E-state index >= 15 is 0 Å². The van der Waals surface area contributed by atoms with Crippen molar-refractivity contribution in [2.75, 3.05) is 20.6 Å². The molecule has 0 spiro atoms.